The Hall–Kier alpha value is -0.150. The Kier molecular flexibility index (Phi) is 4.54. The van der Waals surface area contributed by atoms with Gasteiger partial charge in [0.1, 0.15) is 6.67 Å². The van der Waals surface area contributed by atoms with Crippen molar-refractivity contribution in [1.82, 2.24) is 9.80 Å². The van der Waals surface area contributed by atoms with Gasteiger partial charge >= 0.3 is 0 Å². The van der Waals surface area contributed by atoms with Gasteiger partial charge in [0, 0.05) is 32.7 Å². The van der Waals surface area contributed by atoms with Crippen molar-refractivity contribution in [3.05, 3.63) is 0 Å². The van der Waals surface area contributed by atoms with Crippen LogP contribution in [0.4, 0.5) is 4.39 Å². The number of rotatable bonds is 4. The van der Waals surface area contributed by atoms with Crippen LogP contribution in [-0.4, -0.2) is 55.7 Å². The topological polar surface area (TPSA) is 6.48 Å². The van der Waals surface area contributed by atoms with Gasteiger partial charge in [-0.05, 0) is 13.0 Å². The van der Waals surface area contributed by atoms with Crippen LogP contribution < -0.4 is 0 Å². The number of hydrogen-bond acceptors (Lipinski definition) is 2. The molecule has 0 spiro atoms. The monoisotopic (exact) mass is 174 g/mol. The van der Waals surface area contributed by atoms with Crippen molar-refractivity contribution in [2.45, 2.75) is 13.3 Å². The molecule has 0 aromatic rings. The molecule has 0 saturated carbocycles. The molecule has 1 saturated heterocycles. The van der Waals surface area contributed by atoms with Gasteiger partial charge in [0.2, 0.25) is 0 Å². The van der Waals surface area contributed by atoms with E-state index in [4.69, 9.17) is 0 Å². The average Bonchev–Trinajstić information content (AvgIpc) is 2.09. The second kappa shape index (κ2) is 5.49. The first-order chi connectivity index (χ1) is 5.86. The van der Waals surface area contributed by atoms with E-state index in [9.17, 15) is 4.39 Å². The third-order valence-electron chi connectivity index (χ3n) is 2.41. The zero-order chi connectivity index (χ0) is 8.81. The molecule has 0 aromatic heterocycles. The fourth-order valence-electron chi connectivity index (χ4n) is 1.67. The molecular weight excluding hydrogens is 155 g/mol. The molecule has 1 rings (SSSR count). The largest absolute Gasteiger partial charge is 0.301 e. The van der Waals surface area contributed by atoms with Crippen molar-refractivity contribution in [1.29, 1.82) is 0 Å². The molecule has 0 radical (unpaired) electrons. The highest BCUT2D eigenvalue weighted by molar-refractivity contribution is 4.70. The summed E-state index contributed by atoms with van der Waals surface area (Å²) in [5, 5.41) is 0. The molecule has 0 unspecified atom stereocenters. The van der Waals surface area contributed by atoms with E-state index < -0.39 is 0 Å². The molecule has 3 heteroatoms. The van der Waals surface area contributed by atoms with Crippen molar-refractivity contribution in [2.24, 2.45) is 0 Å². The number of piperazine rings is 1. The second-order valence-corrected chi connectivity index (χ2v) is 3.37. The highest BCUT2D eigenvalue weighted by atomic mass is 19.1. The SMILES string of the molecule is CCCN1CCN(CCF)CC1. The Labute approximate surface area is 74.3 Å². The summed E-state index contributed by atoms with van der Waals surface area (Å²) in [5.41, 5.74) is 0. The number of alkyl halides is 1. The first kappa shape index (κ1) is 9.93. The van der Waals surface area contributed by atoms with E-state index in [1.807, 2.05) is 0 Å². The van der Waals surface area contributed by atoms with E-state index in [-0.39, 0.29) is 6.67 Å². The number of halogens is 1. The van der Waals surface area contributed by atoms with Crippen LogP contribution in [0.3, 0.4) is 0 Å². The van der Waals surface area contributed by atoms with Gasteiger partial charge in [-0.2, -0.15) is 0 Å². The molecule has 0 aromatic carbocycles. The van der Waals surface area contributed by atoms with Gasteiger partial charge in [-0.3, -0.25) is 4.90 Å². The van der Waals surface area contributed by atoms with Crippen molar-refractivity contribution in [2.75, 3.05) is 45.9 Å². The summed E-state index contributed by atoms with van der Waals surface area (Å²) >= 11 is 0. The van der Waals surface area contributed by atoms with Crippen LogP contribution in [0.5, 0.6) is 0 Å². The highest BCUT2D eigenvalue weighted by Crippen LogP contribution is 2.01. The molecule has 1 heterocycles. The third kappa shape index (κ3) is 3.07. The Morgan fingerprint density at radius 1 is 1.00 bits per heavy atom. The molecule has 0 N–H and O–H groups in total. The van der Waals surface area contributed by atoms with Gasteiger partial charge in [0.25, 0.3) is 0 Å². The van der Waals surface area contributed by atoms with Crippen LogP contribution in [0, 0.1) is 0 Å². The lowest BCUT2D eigenvalue weighted by Crippen LogP contribution is -2.46. The molecule has 12 heavy (non-hydrogen) atoms. The minimum atomic E-state index is -0.201. The van der Waals surface area contributed by atoms with E-state index in [0.29, 0.717) is 6.54 Å². The van der Waals surface area contributed by atoms with Crippen molar-refractivity contribution >= 4 is 0 Å². The van der Waals surface area contributed by atoms with Gasteiger partial charge < -0.3 is 4.90 Å². The first-order valence-corrected chi connectivity index (χ1v) is 4.87. The van der Waals surface area contributed by atoms with Crippen LogP contribution >= 0.6 is 0 Å². The average molecular weight is 174 g/mol. The Balaban J connectivity index is 2.11. The molecule has 1 aliphatic heterocycles. The zero-order valence-corrected chi connectivity index (χ0v) is 7.93. The van der Waals surface area contributed by atoms with Crippen LogP contribution in [0.25, 0.3) is 0 Å². The maximum atomic E-state index is 12.0. The Morgan fingerprint density at radius 2 is 1.50 bits per heavy atom. The van der Waals surface area contributed by atoms with E-state index in [0.717, 1.165) is 26.2 Å². The molecule has 72 valence electrons. The van der Waals surface area contributed by atoms with Crippen molar-refractivity contribution < 1.29 is 4.39 Å². The minimum absolute atomic E-state index is 0.201. The first-order valence-electron chi connectivity index (χ1n) is 4.87. The Bertz CT molecular complexity index is 97.1. The summed E-state index contributed by atoms with van der Waals surface area (Å²) < 4.78 is 12.0. The second-order valence-electron chi connectivity index (χ2n) is 3.37. The zero-order valence-electron chi connectivity index (χ0n) is 7.93. The van der Waals surface area contributed by atoms with Gasteiger partial charge in [0.15, 0.2) is 0 Å². The lowest BCUT2D eigenvalue weighted by atomic mass is 10.3. The standard InChI is InChI=1S/C9H19FN2/c1-2-4-11-6-8-12(5-3-10)9-7-11/h2-9H2,1H3. The summed E-state index contributed by atoms with van der Waals surface area (Å²) in [4.78, 5) is 4.65. The Morgan fingerprint density at radius 3 is 1.92 bits per heavy atom. The number of hydrogen-bond donors (Lipinski definition) is 0. The van der Waals surface area contributed by atoms with Crippen LogP contribution in [0.15, 0.2) is 0 Å². The summed E-state index contributed by atoms with van der Waals surface area (Å²) in [6.07, 6.45) is 1.23. The van der Waals surface area contributed by atoms with Crippen LogP contribution in [0.1, 0.15) is 13.3 Å². The van der Waals surface area contributed by atoms with Crippen molar-refractivity contribution in [3.63, 3.8) is 0 Å². The molecule has 0 aliphatic carbocycles. The normalized spacial score (nSPS) is 21.5. The fraction of sp³-hybridized carbons (Fsp3) is 1.00. The summed E-state index contributed by atoms with van der Waals surface area (Å²) in [7, 11) is 0. The smallest absolute Gasteiger partial charge is 0.102 e. The van der Waals surface area contributed by atoms with Crippen LogP contribution in [-0.2, 0) is 0 Å². The summed E-state index contributed by atoms with van der Waals surface area (Å²) in [5.74, 6) is 0. The van der Waals surface area contributed by atoms with Gasteiger partial charge in [0.05, 0.1) is 0 Å². The molecule has 0 bridgehead atoms. The van der Waals surface area contributed by atoms with Crippen molar-refractivity contribution in [3.8, 4) is 0 Å². The van der Waals surface area contributed by atoms with E-state index >= 15 is 0 Å². The summed E-state index contributed by atoms with van der Waals surface area (Å²) in [6.45, 7) is 8.15. The van der Waals surface area contributed by atoms with E-state index in [2.05, 4.69) is 16.7 Å². The molecule has 2 nitrogen and oxygen atoms in total. The number of nitrogens with zero attached hydrogens (tertiary/aromatic N) is 2. The predicted octanol–water partition coefficient (Wildman–Crippen LogP) is 0.984. The van der Waals surface area contributed by atoms with Gasteiger partial charge in [-0.1, -0.05) is 6.92 Å². The molecule has 0 amide bonds. The molecule has 0 atom stereocenters. The minimum Gasteiger partial charge on any atom is -0.301 e. The summed E-state index contributed by atoms with van der Waals surface area (Å²) in [6, 6.07) is 0. The predicted molar refractivity (Wildman–Crippen MR) is 49.1 cm³/mol. The lowest BCUT2D eigenvalue weighted by molar-refractivity contribution is 0.126. The van der Waals surface area contributed by atoms with E-state index in [1.165, 1.54) is 13.0 Å². The highest BCUT2D eigenvalue weighted by Gasteiger charge is 2.14. The van der Waals surface area contributed by atoms with Gasteiger partial charge in [-0.25, -0.2) is 4.39 Å². The molecular formula is C9H19FN2. The van der Waals surface area contributed by atoms with Crippen LogP contribution in [0.2, 0.25) is 0 Å². The molecule has 1 fully saturated rings. The van der Waals surface area contributed by atoms with Gasteiger partial charge in [-0.15, -0.1) is 0 Å². The maximum Gasteiger partial charge on any atom is 0.102 e. The van der Waals surface area contributed by atoms with E-state index in [1.54, 1.807) is 0 Å². The third-order valence-corrected chi connectivity index (χ3v) is 2.41. The molecule has 1 aliphatic rings. The maximum absolute atomic E-state index is 12.0. The lowest BCUT2D eigenvalue weighted by Gasteiger charge is -2.33. The fourth-order valence-corrected chi connectivity index (χ4v) is 1.67. The quantitative estimate of drug-likeness (QED) is 0.627.